The zero-order valence-electron chi connectivity index (χ0n) is 11.3. The molecule has 2 N–H and O–H groups in total. The Hall–Kier alpha value is -2.56. The van der Waals surface area contributed by atoms with Gasteiger partial charge in [0.2, 0.25) is 0 Å². The number of aromatic nitrogens is 1. The number of hydrogen-bond acceptors (Lipinski definition) is 4. The van der Waals surface area contributed by atoms with Gasteiger partial charge in [-0.25, -0.2) is 4.98 Å². The highest BCUT2D eigenvalue weighted by Gasteiger charge is 2.05. The lowest BCUT2D eigenvalue weighted by molar-refractivity contribution is 0.0947. The molecule has 0 aliphatic heterocycles. The molecular formula is C15H17N3O2. The highest BCUT2D eigenvalue weighted by Crippen LogP contribution is 2.08. The fourth-order valence-electron chi connectivity index (χ4n) is 1.66. The van der Waals surface area contributed by atoms with Crippen LogP contribution in [0.3, 0.4) is 0 Å². The Morgan fingerprint density at radius 2 is 2.05 bits per heavy atom. The van der Waals surface area contributed by atoms with Crippen molar-refractivity contribution in [3.63, 3.8) is 0 Å². The molecule has 0 fully saturated rings. The van der Waals surface area contributed by atoms with Crippen LogP contribution in [0.5, 0.6) is 5.75 Å². The van der Waals surface area contributed by atoms with Crippen LogP contribution in [-0.2, 0) is 0 Å². The summed E-state index contributed by atoms with van der Waals surface area (Å²) < 4.78 is 5.50. The second-order valence-corrected chi connectivity index (χ2v) is 4.10. The number of pyridine rings is 1. The van der Waals surface area contributed by atoms with E-state index in [-0.39, 0.29) is 5.91 Å². The van der Waals surface area contributed by atoms with Crippen LogP contribution in [0, 0.1) is 0 Å². The molecule has 1 aromatic heterocycles. The first kappa shape index (κ1) is 13.9. The van der Waals surface area contributed by atoms with Crippen molar-refractivity contribution in [3.8, 4) is 5.75 Å². The van der Waals surface area contributed by atoms with Crippen molar-refractivity contribution in [1.29, 1.82) is 0 Å². The van der Waals surface area contributed by atoms with Gasteiger partial charge in [0.05, 0.1) is 6.54 Å². The summed E-state index contributed by atoms with van der Waals surface area (Å²) in [5.74, 6) is 1.32. The van der Waals surface area contributed by atoms with Gasteiger partial charge >= 0.3 is 0 Å². The number of carbonyl (C=O) groups excluding carboxylic acids is 1. The monoisotopic (exact) mass is 271 g/mol. The zero-order chi connectivity index (χ0) is 14.2. The van der Waals surface area contributed by atoms with Crippen LogP contribution in [0.4, 0.5) is 5.82 Å². The van der Waals surface area contributed by atoms with E-state index in [9.17, 15) is 4.79 Å². The highest BCUT2D eigenvalue weighted by atomic mass is 16.5. The molecule has 0 saturated heterocycles. The smallest absolute Gasteiger partial charge is 0.251 e. The zero-order valence-corrected chi connectivity index (χ0v) is 11.3. The molecule has 0 aliphatic rings. The van der Waals surface area contributed by atoms with E-state index in [1.165, 1.54) is 0 Å². The molecule has 0 aliphatic carbocycles. The first-order chi connectivity index (χ1) is 9.79. The summed E-state index contributed by atoms with van der Waals surface area (Å²) in [5.41, 5.74) is 0.573. The van der Waals surface area contributed by atoms with Gasteiger partial charge in [0, 0.05) is 18.8 Å². The Labute approximate surface area is 118 Å². The molecule has 0 saturated carbocycles. The van der Waals surface area contributed by atoms with Crippen molar-refractivity contribution in [1.82, 2.24) is 10.3 Å². The average molecular weight is 271 g/mol. The van der Waals surface area contributed by atoms with Gasteiger partial charge < -0.3 is 15.4 Å². The van der Waals surface area contributed by atoms with Crippen molar-refractivity contribution < 1.29 is 9.53 Å². The summed E-state index contributed by atoms with van der Waals surface area (Å²) in [6, 6.07) is 12.9. The van der Waals surface area contributed by atoms with Crippen LogP contribution in [0.2, 0.25) is 0 Å². The van der Waals surface area contributed by atoms with Gasteiger partial charge in [0.15, 0.2) is 0 Å². The molecule has 20 heavy (non-hydrogen) atoms. The number of hydrogen-bond donors (Lipinski definition) is 2. The Bertz CT molecular complexity index is 558. The Kier molecular flexibility index (Phi) is 4.94. The Morgan fingerprint density at radius 3 is 2.80 bits per heavy atom. The van der Waals surface area contributed by atoms with Crippen LogP contribution in [0.1, 0.15) is 10.4 Å². The molecule has 0 radical (unpaired) electrons. The maximum atomic E-state index is 11.9. The molecule has 1 aromatic carbocycles. The molecule has 2 rings (SSSR count). The molecule has 0 bridgehead atoms. The number of amides is 1. The summed E-state index contributed by atoms with van der Waals surface area (Å²) in [7, 11) is 1.76. The SMILES string of the molecule is CNc1cc(C(=O)NCCOc2ccccc2)ccn1. The van der Waals surface area contributed by atoms with Gasteiger partial charge in [-0.2, -0.15) is 0 Å². The minimum Gasteiger partial charge on any atom is -0.492 e. The van der Waals surface area contributed by atoms with Gasteiger partial charge in [-0.05, 0) is 24.3 Å². The summed E-state index contributed by atoms with van der Waals surface area (Å²) >= 11 is 0. The third kappa shape index (κ3) is 3.98. The fraction of sp³-hybridized carbons (Fsp3) is 0.200. The Balaban J connectivity index is 1.77. The van der Waals surface area contributed by atoms with E-state index >= 15 is 0 Å². The number of para-hydroxylation sites is 1. The van der Waals surface area contributed by atoms with Crippen LogP contribution >= 0.6 is 0 Å². The second kappa shape index (κ2) is 7.13. The maximum Gasteiger partial charge on any atom is 0.251 e. The van der Waals surface area contributed by atoms with E-state index in [4.69, 9.17) is 4.74 Å². The summed E-state index contributed by atoms with van der Waals surface area (Å²) in [5, 5.41) is 5.70. The number of nitrogens with zero attached hydrogens (tertiary/aromatic N) is 1. The number of ether oxygens (including phenoxy) is 1. The lowest BCUT2D eigenvalue weighted by Gasteiger charge is -2.08. The predicted molar refractivity (Wildman–Crippen MR) is 78.1 cm³/mol. The van der Waals surface area contributed by atoms with Crippen molar-refractivity contribution in [2.24, 2.45) is 0 Å². The lowest BCUT2D eigenvalue weighted by Crippen LogP contribution is -2.28. The average Bonchev–Trinajstić information content (AvgIpc) is 2.52. The quantitative estimate of drug-likeness (QED) is 0.788. The largest absolute Gasteiger partial charge is 0.492 e. The minimum atomic E-state index is -0.138. The first-order valence-corrected chi connectivity index (χ1v) is 6.39. The molecule has 0 atom stereocenters. The van der Waals surface area contributed by atoms with Crippen LogP contribution in [-0.4, -0.2) is 31.1 Å². The Morgan fingerprint density at radius 1 is 1.25 bits per heavy atom. The van der Waals surface area contributed by atoms with Crippen molar-refractivity contribution >= 4 is 11.7 Å². The van der Waals surface area contributed by atoms with E-state index in [2.05, 4.69) is 15.6 Å². The number of nitrogens with one attached hydrogen (secondary N) is 2. The molecule has 1 amide bonds. The second-order valence-electron chi connectivity index (χ2n) is 4.10. The molecule has 5 nitrogen and oxygen atoms in total. The number of carbonyl (C=O) groups is 1. The highest BCUT2D eigenvalue weighted by molar-refractivity contribution is 5.94. The summed E-state index contributed by atoms with van der Waals surface area (Å²) in [4.78, 5) is 16.0. The number of rotatable bonds is 6. The first-order valence-electron chi connectivity index (χ1n) is 6.39. The van der Waals surface area contributed by atoms with Crippen LogP contribution in [0.15, 0.2) is 48.7 Å². The van der Waals surface area contributed by atoms with E-state index in [0.717, 1.165) is 5.75 Å². The molecule has 0 unspecified atom stereocenters. The van der Waals surface area contributed by atoms with E-state index in [1.807, 2.05) is 30.3 Å². The van der Waals surface area contributed by atoms with Crippen molar-refractivity contribution in [2.45, 2.75) is 0 Å². The molecule has 1 heterocycles. The summed E-state index contributed by atoms with van der Waals surface area (Å²) in [6.45, 7) is 0.880. The minimum absolute atomic E-state index is 0.138. The topological polar surface area (TPSA) is 63.2 Å². The van der Waals surface area contributed by atoms with E-state index in [1.54, 1.807) is 25.4 Å². The van der Waals surface area contributed by atoms with Gasteiger partial charge in [-0.3, -0.25) is 4.79 Å². The van der Waals surface area contributed by atoms with Crippen LogP contribution in [0.25, 0.3) is 0 Å². The molecule has 5 heteroatoms. The van der Waals surface area contributed by atoms with Gasteiger partial charge in [0.25, 0.3) is 5.91 Å². The third-order valence-corrected chi connectivity index (χ3v) is 2.68. The van der Waals surface area contributed by atoms with Gasteiger partial charge in [0.1, 0.15) is 18.2 Å². The summed E-state index contributed by atoms with van der Waals surface area (Å²) in [6.07, 6.45) is 1.60. The molecule has 0 spiro atoms. The van der Waals surface area contributed by atoms with Gasteiger partial charge in [-0.15, -0.1) is 0 Å². The molecule has 104 valence electrons. The normalized spacial score (nSPS) is 9.85. The lowest BCUT2D eigenvalue weighted by atomic mass is 10.2. The van der Waals surface area contributed by atoms with Gasteiger partial charge in [-0.1, -0.05) is 18.2 Å². The predicted octanol–water partition coefficient (Wildman–Crippen LogP) is 1.93. The van der Waals surface area contributed by atoms with Crippen LogP contribution < -0.4 is 15.4 Å². The fourth-order valence-corrected chi connectivity index (χ4v) is 1.66. The van der Waals surface area contributed by atoms with E-state index < -0.39 is 0 Å². The number of anilines is 1. The van der Waals surface area contributed by atoms with Crippen molar-refractivity contribution in [2.75, 3.05) is 25.5 Å². The van der Waals surface area contributed by atoms with E-state index in [0.29, 0.717) is 24.5 Å². The molecule has 2 aromatic rings. The maximum absolute atomic E-state index is 11.9. The molecular weight excluding hydrogens is 254 g/mol. The standard InChI is InChI=1S/C15H17N3O2/c1-16-14-11-12(7-8-17-14)15(19)18-9-10-20-13-5-3-2-4-6-13/h2-8,11H,9-10H2,1H3,(H,16,17)(H,18,19). The number of benzene rings is 1. The van der Waals surface area contributed by atoms with Crippen molar-refractivity contribution in [3.05, 3.63) is 54.2 Å². The third-order valence-electron chi connectivity index (χ3n) is 2.68.